The predicted molar refractivity (Wildman–Crippen MR) is 95.9 cm³/mol. The van der Waals surface area contributed by atoms with E-state index in [1.807, 2.05) is 13.8 Å². The van der Waals surface area contributed by atoms with Crippen LogP contribution in [0.1, 0.15) is 37.0 Å². The minimum absolute atomic E-state index is 0.0843. The van der Waals surface area contributed by atoms with Gasteiger partial charge in [0, 0.05) is 26.2 Å². The fourth-order valence-electron chi connectivity index (χ4n) is 2.84. The van der Waals surface area contributed by atoms with Gasteiger partial charge in [-0.2, -0.15) is 0 Å². The molecule has 26 heavy (non-hydrogen) atoms. The zero-order chi connectivity index (χ0) is 19.1. The molecule has 1 fully saturated rings. The maximum absolute atomic E-state index is 13.7. The van der Waals surface area contributed by atoms with Crippen LogP contribution < -0.4 is 10.6 Å². The minimum Gasteiger partial charge on any atom is -0.348 e. The Labute approximate surface area is 153 Å². The van der Waals surface area contributed by atoms with Crippen LogP contribution >= 0.6 is 0 Å². The molecule has 0 spiro atoms. The van der Waals surface area contributed by atoms with E-state index in [1.165, 1.54) is 12.1 Å². The maximum atomic E-state index is 13.7. The molecule has 0 aliphatic carbocycles. The third kappa shape index (κ3) is 5.54. The standard InChI is InChI=1S/C19H26FN3O3/c1-13(2)11-21-17(24)18(25)22-12-14-7-9-23(10-8-14)19(26)15-5-3-4-6-16(15)20/h3-6,13-14H,7-12H2,1-2H3,(H,21,24)(H,22,25). The van der Waals surface area contributed by atoms with Crippen LogP contribution in [0.5, 0.6) is 0 Å². The lowest BCUT2D eigenvalue weighted by atomic mass is 9.96. The number of benzene rings is 1. The number of likely N-dealkylation sites (tertiary alicyclic amines) is 1. The van der Waals surface area contributed by atoms with Crippen molar-refractivity contribution in [3.05, 3.63) is 35.6 Å². The lowest BCUT2D eigenvalue weighted by molar-refractivity contribution is -0.139. The average molecular weight is 363 g/mol. The monoisotopic (exact) mass is 363 g/mol. The van der Waals surface area contributed by atoms with Crippen molar-refractivity contribution in [2.24, 2.45) is 11.8 Å². The van der Waals surface area contributed by atoms with Crippen molar-refractivity contribution < 1.29 is 18.8 Å². The van der Waals surface area contributed by atoms with Crippen LogP contribution in [0.2, 0.25) is 0 Å². The number of carbonyl (C=O) groups is 3. The van der Waals surface area contributed by atoms with Crippen molar-refractivity contribution in [3.63, 3.8) is 0 Å². The lowest BCUT2D eigenvalue weighted by Gasteiger charge is -2.32. The molecule has 3 amide bonds. The molecule has 2 rings (SSSR count). The molecule has 2 N–H and O–H groups in total. The number of amides is 3. The summed E-state index contributed by atoms with van der Waals surface area (Å²) in [4.78, 5) is 37.4. The molecule has 7 heteroatoms. The van der Waals surface area contributed by atoms with Gasteiger partial charge in [0.25, 0.3) is 5.91 Å². The first-order chi connectivity index (χ1) is 12.4. The molecule has 0 aromatic heterocycles. The summed E-state index contributed by atoms with van der Waals surface area (Å²) < 4.78 is 13.7. The van der Waals surface area contributed by atoms with Gasteiger partial charge in [-0.15, -0.1) is 0 Å². The summed E-state index contributed by atoms with van der Waals surface area (Å²) in [5.41, 5.74) is 0.0843. The van der Waals surface area contributed by atoms with Crippen molar-refractivity contribution in [2.45, 2.75) is 26.7 Å². The number of nitrogens with one attached hydrogen (secondary N) is 2. The number of halogens is 1. The Morgan fingerprint density at radius 2 is 1.73 bits per heavy atom. The molecule has 1 saturated heterocycles. The van der Waals surface area contributed by atoms with E-state index in [9.17, 15) is 18.8 Å². The highest BCUT2D eigenvalue weighted by Gasteiger charge is 2.25. The fraction of sp³-hybridized carbons (Fsp3) is 0.526. The van der Waals surface area contributed by atoms with E-state index in [4.69, 9.17) is 0 Å². The van der Waals surface area contributed by atoms with Crippen molar-refractivity contribution >= 4 is 17.7 Å². The number of hydrogen-bond acceptors (Lipinski definition) is 3. The highest BCUT2D eigenvalue weighted by molar-refractivity contribution is 6.35. The van der Waals surface area contributed by atoms with Crippen LogP contribution in [-0.2, 0) is 9.59 Å². The van der Waals surface area contributed by atoms with E-state index >= 15 is 0 Å². The summed E-state index contributed by atoms with van der Waals surface area (Å²) in [7, 11) is 0. The summed E-state index contributed by atoms with van der Waals surface area (Å²) in [5.74, 6) is -1.59. The Morgan fingerprint density at radius 1 is 1.12 bits per heavy atom. The van der Waals surface area contributed by atoms with Crippen LogP contribution in [0.25, 0.3) is 0 Å². The second kappa shape index (κ2) is 9.31. The number of carbonyl (C=O) groups excluding carboxylic acids is 3. The van der Waals surface area contributed by atoms with Crippen LogP contribution in [0, 0.1) is 17.7 Å². The number of hydrogen-bond donors (Lipinski definition) is 2. The topological polar surface area (TPSA) is 78.5 Å². The van der Waals surface area contributed by atoms with Crippen LogP contribution in [-0.4, -0.2) is 48.8 Å². The fourth-order valence-corrected chi connectivity index (χ4v) is 2.84. The Bertz CT molecular complexity index is 655. The smallest absolute Gasteiger partial charge is 0.309 e. The number of rotatable bonds is 5. The Morgan fingerprint density at radius 3 is 2.35 bits per heavy atom. The molecule has 1 aliphatic rings. The molecule has 6 nitrogen and oxygen atoms in total. The largest absolute Gasteiger partial charge is 0.348 e. The van der Waals surface area contributed by atoms with E-state index in [0.29, 0.717) is 39.0 Å². The molecular weight excluding hydrogens is 337 g/mol. The molecule has 1 aromatic carbocycles. The zero-order valence-corrected chi connectivity index (χ0v) is 15.3. The Kier molecular flexibility index (Phi) is 7.12. The first-order valence-corrected chi connectivity index (χ1v) is 8.98. The van der Waals surface area contributed by atoms with Crippen LogP contribution in [0.15, 0.2) is 24.3 Å². The third-order valence-corrected chi connectivity index (χ3v) is 4.43. The Hall–Kier alpha value is -2.44. The minimum atomic E-state index is -0.629. The van der Waals surface area contributed by atoms with Gasteiger partial charge >= 0.3 is 11.8 Å². The normalized spacial score (nSPS) is 15.0. The first-order valence-electron chi connectivity index (χ1n) is 8.98. The van der Waals surface area contributed by atoms with Crippen molar-refractivity contribution in [1.29, 1.82) is 0 Å². The van der Waals surface area contributed by atoms with Crippen LogP contribution in [0.3, 0.4) is 0 Å². The molecule has 1 aliphatic heterocycles. The van der Waals surface area contributed by atoms with Gasteiger partial charge in [-0.25, -0.2) is 4.39 Å². The molecule has 1 heterocycles. The summed E-state index contributed by atoms with van der Waals surface area (Å²) in [6.07, 6.45) is 1.40. The average Bonchev–Trinajstić information content (AvgIpc) is 2.64. The second-order valence-electron chi connectivity index (χ2n) is 7.03. The van der Waals surface area contributed by atoms with E-state index in [2.05, 4.69) is 10.6 Å². The third-order valence-electron chi connectivity index (χ3n) is 4.43. The molecule has 0 saturated carbocycles. The lowest BCUT2D eigenvalue weighted by Crippen LogP contribution is -2.45. The van der Waals surface area contributed by atoms with Gasteiger partial charge < -0.3 is 15.5 Å². The van der Waals surface area contributed by atoms with Gasteiger partial charge in [0.1, 0.15) is 5.82 Å². The summed E-state index contributed by atoms with van der Waals surface area (Å²) in [5, 5.41) is 5.22. The highest BCUT2D eigenvalue weighted by Crippen LogP contribution is 2.19. The first kappa shape index (κ1) is 19.9. The zero-order valence-electron chi connectivity index (χ0n) is 15.3. The maximum Gasteiger partial charge on any atom is 0.309 e. The van der Waals surface area contributed by atoms with Gasteiger partial charge in [0.2, 0.25) is 0 Å². The van der Waals surface area contributed by atoms with Gasteiger partial charge in [0.15, 0.2) is 0 Å². The Balaban J connectivity index is 1.75. The summed E-state index contributed by atoms with van der Waals surface area (Å²) in [6.45, 7) is 5.78. The SMILES string of the molecule is CC(C)CNC(=O)C(=O)NCC1CCN(C(=O)c2ccccc2F)CC1. The molecule has 0 unspecified atom stereocenters. The van der Waals surface area contributed by atoms with Gasteiger partial charge in [-0.3, -0.25) is 14.4 Å². The second-order valence-corrected chi connectivity index (χ2v) is 7.03. The highest BCUT2D eigenvalue weighted by atomic mass is 19.1. The van der Waals surface area contributed by atoms with Crippen molar-refractivity contribution in [3.8, 4) is 0 Å². The molecular formula is C19H26FN3O3. The van der Waals surface area contributed by atoms with E-state index in [1.54, 1.807) is 17.0 Å². The van der Waals surface area contributed by atoms with Gasteiger partial charge in [-0.1, -0.05) is 26.0 Å². The van der Waals surface area contributed by atoms with E-state index < -0.39 is 17.6 Å². The van der Waals surface area contributed by atoms with Gasteiger partial charge in [0.05, 0.1) is 5.56 Å². The molecule has 0 atom stereocenters. The molecule has 0 bridgehead atoms. The number of piperidine rings is 1. The quantitative estimate of drug-likeness (QED) is 0.780. The number of nitrogens with zero attached hydrogens (tertiary/aromatic N) is 1. The molecule has 1 aromatic rings. The van der Waals surface area contributed by atoms with Crippen LogP contribution in [0.4, 0.5) is 4.39 Å². The molecule has 0 radical (unpaired) electrons. The van der Waals surface area contributed by atoms with E-state index in [-0.39, 0.29) is 23.3 Å². The van der Waals surface area contributed by atoms with Crippen molar-refractivity contribution in [2.75, 3.05) is 26.2 Å². The molecule has 142 valence electrons. The van der Waals surface area contributed by atoms with E-state index in [0.717, 1.165) is 0 Å². The van der Waals surface area contributed by atoms with Crippen molar-refractivity contribution in [1.82, 2.24) is 15.5 Å². The summed E-state index contributed by atoms with van der Waals surface area (Å²) >= 11 is 0. The predicted octanol–water partition coefficient (Wildman–Crippen LogP) is 1.57. The summed E-state index contributed by atoms with van der Waals surface area (Å²) in [6, 6.07) is 5.96. The van der Waals surface area contributed by atoms with Gasteiger partial charge in [-0.05, 0) is 36.8 Å².